The number of rotatable bonds is 7. The first kappa shape index (κ1) is 22.5. The predicted molar refractivity (Wildman–Crippen MR) is 123 cm³/mol. The molecular formula is C25H27N3O5. The Bertz CT molecular complexity index is 1090. The molecule has 0 spiro atoms. The molecule has 0 saturated carbocycles. The molecule has 0 bridgehead atoms. The highest BCUT2D eigenvalue weighted by Gasteiger charge is 2.40. The molecule has 0 aliphatic carbocycles. The number of ether oxygens (including phenoxy) is 1. The summed E-state index contributed by atoms with van der Waals surface area (Å²) < 4.78 is 5.73. The van der Waals surface area contributed by atoms with Crippen molar-refractivity contribution >= 4 is 35.0 Å². The Morgan fingerprint density at radius 1 is 1.06 bits per heavy atom. The van der Waals surface area contributed by atoms with Gasteiger partial charge in [0.2, 0.25) is 5.91 Å². The van der Waals surface area contributed by atoms with Crippen molar-refractivity contribution in [2.75, 3.05) is 16.8 Å². The molecular weight excluding hydrogens is 422 g/mol. The van der Waals surface area contributed by atoms with Gasteiger partial charge in [0, 0.05) is 12.2 Å². The molecule has 2 aromatic rings. The van der Waals surface area contributed by atoms with Gasteiger partial charge >= 0.3 is 0 Å². The van der Waals surface area contributed by atoms with Crippen LogP contribution >= 0.6 is 0 Å². The maximum absolute atomic E-state index is 12.9. The Balaban J connectivity index is 1.53. The third-order valence-electron chi connectivity index (χ3n) is 6.01. The van der Waals surface area contributed by atoms with E-state index in [-0.39, 0.29) is 5.91 Å². The number of fused-ring (bicyclic) bond motifs is 2. The Hall–Kier alpha value is -3.68. The number of carbonyl (C=O) groups is 4. The summed E-state index contributed by atoms with van der Waals surface area (Å²) in [6, 6.07) is 10.6. The number of amides is 4. The monoisotopic (exact) mass is 449 g/mol. The summed E-state index contributed by atoms with van der Waals surface area (Å²) in [6.07, 6.45) is 2.32. The second-order valence-electron chi connectivity index (χ2n) is 8.33. The lowest BCUT2D eigenvalue weighted by molar-refractivity contribution is -0.125. The summed E-state index contributed by atoms with van der Waals surface area (Å²) in [5.74, 6) is -1.03. The first-order chi connectivity index (χ1) is 15.8. The Morgan fingerprint density at radius 3 is 2.36 bits per heavy atom. The Labute approximate surface area is 192 Å². The van der Waals surface area contributed by atoms with E-state index in [2.05, 4.69) is 12.2 Å². The zero-order chi connectivity index (χ0) is 23.7. The van der Waals surface area contributed by atoms with Crippen LogP contribution in [0.4, 0.5) is 11.4 Å². The minimum Gasteiger partial charge on any atom is -0.479 e. The average Bonchev–Trinajstić information content (AvgIpc) is 3.06. The van der Waals surface area contributed by atoms with Crippen molar-refractivity contribution in [3.05, 3.63) is 53.6 Å². The van der Waals surface area contributed by atoms with E-state index in [1.54, 1.807) is 54.3 Å². The van der Waals surface area contributed by atoms with E-state index >= 15 is 0 Å². The van der Waals surface area contributed by atoms with Crippen molar-refractivity contribution in [2.45, 2.75) is 52.2 Å². The van der Waals surface area contributed by atoms with Crippen LogP contribution in [0.5, 0.6) is 5.75 Å². The Kier molecular flexibility index (Phi) is 6.18. The van der Waals surface area contributed by atoms with E-state index in [0.29, 0.717) is 34.8 Å². The van der Waals surface area contributed by atoms with E-state index in [4.69, 9.17) is 4.74 Å². The standard InChI is InChI=1S/C25H27N3O5/c1-4-5-8-13-27-20-14-17(11-12-21(20)33-16(3)23(27)30)26-22(29)15(2)28-24(31)18-9-6-7-10-19(18)25(28)32/h6-7,9-12,14-16H,4-5,8,13H2,1-3H3,(H,26,29). The molecule has 2 aromatic carbocycles. The van der Waals surface area contributed by atoms with E-state index in [1.807, 2.05) is 0 Å². The van der Waals surface area contributed by atoms with E-state index in [0.717, 1.165) is 24.2 Å². The lowest BCUT2D eigenvalue weighted by Crippen LogP contribution is -2.45. The molecule has 0 fully saturated rings. The van der Waals surface area contributed by atoms with Crippen LogP contribution < -0.4 is 15.0 Å². The van der Waals surface area contributed by atoms with E-state index < -0.39 is 29.9 Å². The molecule has 2 aliphatic rings. The molecule has 33 heavy (non-hydrogen) atoms. The molecule has 2 atom stereocenters. The maximum Gasteiger partial charge on any atom is 0.267 e. The number of anilines is 2. The van der Waals surface area contributed by atoms with Gasteiger partial charge in [0.15, 0.2) is 6.10 Å². The van der Waals surface area contributed by atoms with E-state index in [1.165, 1.54) is 6.92 Å². The molecule has 2 heterocycles. The van der Waals surface area contributed by atoms with Gasteiger partial charge < -0.3 is 15.0 Å². The van der Waals surface area contributed by atoms with Crippen molar-refractivity contribution in [3.8, 4) is 5.75 Å². The molecule has 2 unspecified atom stereocenters. The summed E-state index contributed by atoms with van der Waals surface area (Å²) in [7, 11) is 0. The molecule has 1 N–H and O–H groups in total. The highest BCUT2D eigenvalue weighted by atomic mass is 16.5. The summed E-state index contributed by atoms with van der Waals surface area (Å²) in [5, 5.41) is 2.77. The van der Waals surface area contributed by atoms with Crippen molar-refractivity contribution in [3.63, 3.8) is 0 Å². The first-order valence-electron chi connectivity index (χ1n) is 11.2. The zero-order valence-electron chi connectivity index (χ0n) is 19.0. The van der Waals surface area contributed by atoms with Crippen molar-refractivity contribution in [1.82, 2.24) is 4.90 Å². The lowest BCUT2D eigenvalue weighted by atomic mass is 10.1. The molecule has 4 rings (SSSR count). The van der Waals surface area contributed by atoms with Crippen molar-refractivity contribution < 1.29 is 23.9 Å². The summed E-state index contributed by atoms with van der Waals surface area (Å²) in [6.45, 7) is 5.90. The average molecular weight is 450 g/mol. The van der Waals surface area contributed by atoms with Crippen LogP contribution in [0.3, 0.4) is 0 Å². The minimum absolute atomic E-state index is 0.124. The molecule has 0 aromatic heterocycles. The smallest absolute Gasteiger partial charge is 0.267 e. The van der Waals surface area contributed by atoms with Crippen molar-refractivity contribution in [2.24, 2.45) is 0 Å². The van der Waals surface area contributed by atoms with Gasteiger partial charge in [0.1, 0.15) is 11.8 Å². The second-order valence-corrected chi connectivity index (χ2v) is 8.33. The normalized spacial score (nSPS) is 18.0. The SMILES string of the molecule is CCCCCN1C(=O)C(C)Oc2ccc(NC(=O)C(C)N3C(=O)c4ccccc4C3=O)cc21. The molecule has 172 valence electrons. The highest BCUT2D eigenvalue weighted by molar-refractivity contribution is 6.23. The number of hydrogen-bond donors (Lipinski definition) is 1. The fourth-order valence-electron chi connectivity index (χ4n) is 4.16. The van der Waals surface area contributed by atoms with Crippen molar-refractivity contribution in [1.29, 1.82) is 0 Å². The second kappa shape index (κ2) is 9.05. The number of benzene rings is 2. The molecule has 2 aliphatic heterocycles. The topological polar surface area (TPSA) is 96.0 Å². The number of nitrogens with one attached hydrogen (secondary N) is 1. The molecule has 4 amide bonds. The lowest BCUT2D eigenvalue weighted by Gasteiger charge is -2.33. The molecule has 0 saturated heterocycles. The third-order valence-corrected chi connectivity index (χ3v) is 6.01. The summed E-state index contributed by atoms with van der Waals surface area (Å²) >= 11 is 0. The van der Waals surface area contributed by atoms with Crippen LogP contribution in [0.25, 0.3) is 0 Å². The maximum atomic E-state index is 12.9. The van der Waals surface area contributed by atoms with Gasteiger partial charge in [-0.15, -0.1) is 0 Å². The van der Waals surface area contributed by atoms with Crippen LogP contribution in [0.15, 0.2) is 42.5 Å². The zero-order valence-corrected chi connectivity index (χ0v) is 19.0. The quantitative estimate of drug-likeness (QED) is 0.515. The van der Waals surface area contributed by atoms with E-state index in [9.17, 15) is 19.2 Å². The largest absolute Gasteiger partial charge is 0.479 e. The molecule has 0 radical (unpaired) electrons. The minimum atomic E-state index is -1.01. The van der Waals surface area contributed by atoms with Gasteiger partial charge in [-0.3, -0.25) is 24.1 Å². The fourth-order valence-corrected chi connectivity index (χ4v) is 4.16. The van der Waals surface area contributed by atoms with Crippen LogP contribution in [-0.2, 0) is 9.59 Å². The fraction of sp³-hybridized carbons (Fsp3) is 0.360. The summed E-state index contributed by atoms with van der Waals surface area (Å²) in [4.78, 5) is 53.7. The summed E-state index contributed by atoms with van der Waals surface area (Å²) in [5.41, 5.74) is 1.64. The first-order valence-corrected chi connectivity index (χ1v) is 11.2. The number of nitrogens with zero attached hydrogens (tertiary/aromatic N) is 2. The van der Waals surface area contributed by atoms with Gasteiger partial charge in [-0.2, -0.15) is 0 Å². The van der Waals surface area contributed by atoms with Gasteiger partial charge in [0.05, 0.1) is 16.8 Å². The number of hydrogen-bond acceptors (Lipinski definition) is 5. The van der Waals surface area contributed by atoms with Crippen LogP contribution in [-0.4, -0.2) is 47.2 Å². The van der Waals surface area contributed by atoms with Gasteiger partial charge in [-0.25, -0.2) is 0 Å². The van der Waals surface area contributed by atoms with Crippen LogP contribution in [0, 0.1) is 0 Å². The third kappa shape index (κ3) is 4.08. The van der Waals surface area contributed by atoms with Gasteiger partial charge in [-0.1, -0.05) is 31.9 Å². The highest BCUT2D eigenvalue weighted by Crippen LogP contribution is 2.36. The van der Waals surface area contributed by atoms with Crippen LogP contribution in [0.1, 0.15) is 60.7 Å². The molecule has 8 nitrogen and oxygen atoms in total. The number of unbranched alkanes of at least 4 members (excludes halogenated alkanes) is 2. The number of imide groups is 1. The van der Waals surface area contributed by atoms with Gasteiger partial charge in [0.25, 0.3) is 17.7 Å². The van der Waals surface area contributed by atoms with Gasteiger partial charge in [-0.05, 0) is 50.6 Å². The Morgan fingerprint density at radius 2 is 1.73 bits per heavy atom. The number of carbonyl (C=O) groups excluding carboxylic acids is 4. The van der Waals surface area contributed by atoms with Crippen LogP contribution in [0.2, 0.25) is 0 Å². The predicted octanol–water partition coefficient (Wildman–Crippen LogP) is 3.61. The molecule has 8 heteroatoms.